The summed E-state index contributed by atoms with van der Waals surface area (Å²) in [5.41, 5.74) is 5.79. The molecule has 98 valence electrons. The summed E-state index contributed by atoms with van der Waals surface area (Å²) in [5.74, 6) is 0.770. The average molecular weight is 251 g/mol. The number of anilines is 1. The van der Waals surface area contributed by atoms with Crippen LogP contribution in [0.1, 0.15) is 18.5 Å². The summed E-state index contributed by atoms with van der Waals surface area (Å²) in [6, 6.07) is 0. The Morgan fingerprint density at radius 1 is 1.44 bits per heavy atom. The molecule has 1 aliphatic rings. The van der Waals surface area contributed by atoms with E-state index in [1.807, 2.05) is 0 Å². The van der Waals surface area contributed by atoms with E-state index in [0.717, 1.165) is 31.7 Å². The highest BCUT2D eigenvalue weighted by molar-refractivity contribution is 5.94. The molecular weight excluding hydrogens is 234 g/mol. The lowest BCUT2D eigenvalue weighted by molar-refractivity contribution is 0.0818. The van der Waals surface area contributed by atoms with Gasteiger partial charge in [-0.25, -0.2) is 9.97 Å². The third kappa shape index (κ3) is 2.67. The largest absolute Gasteiger partial charge is 0.409 e. The van der Waals surface area contributed by atoms with Gasteiger partial charge in [-0.15, -0.1) is 0 Å². The first-order valence-electron chi connectivity index (χ1n) is 5.82. The monoisotopic (exact) mass is 251 g/mol. The Morgan fingerprint density at radius 2 is 2.17 bits per heavy atom. The lowest BCUT2D eigenvalue weighted by Crippen LogP contribution is -2.37. The van der Waals surface area contributed by atoms with Gasteiger partial charge >= 0.3 is 0 Å². The minimum atomic E-state index is -0.0351. The molecule has 0 bridgehead atoms. The number of oxime groups is 1. The van der Waals surface area contributed by atoms with Crippen LogP contribution in [0, 0.1) is 0 Å². The van der Waals surface area contributed by atoms with E-state index in [-0.39, 0.29) is 5.84 Å². The number of hydrogen-bond acceptors (Lipinski definition) is 6. The Labute approximate surface area is 105 Å². The van der Waals surface area contributed by atoms with E-state index in [4.69, 9.17) is 15.7 Å². The first kappa shape index (κ1) is 12.6. The molecular formula is C11H17N5O2. The van der Waals surface area contributed by atoms with Gasteiger partial charge in [0.25, 0.3) is 0 Å². The van der Waals surface area contributed by atoms with Crippen LogP contribution in [0.3, 0.4) is 0 Å². The third-order valence-corrected chi connectivity index (χ3v) is 3.11. The van der Waals surface area contributed by atoms with Crippen LogP contribution in [-0.4, -0.2) is 47.3 Å². The van der Waals surface area contributed by atoms with Crippen LogP contribution in [0.5, 0.6) is 0 Å². The maximum atomic E-state index is 8.53. The summed E-state index contributed by atoms with van der Waals surface area (Å²) in [6.45, 7) is 1.80. The van der Waals surface area contributed by atoms with Crippen LogP contribution < -0.4 is 10.6 Å². The molecule has 0 aromatic carbocycles. The minimum absolute atomic E-state index is 0.0351. The highest BCUT2D eigenvalue weighted by atomic mass is 16.5. The predicted octanol–water partition coefficient (Wildman–Crippen LogP) is 0.186. The quantitative estimate of drug-likeness (QED) is 0.344. The molecule has 1 saturated heterocycles. The summed E-state index contributed by atoms with van der Waals surface area (Å²) in [5, 5.41) is 11.4. The van der Waals surface area contributed by atoms with Crippen LogP contribution in [0.4, 0.5) is 5.82 Å². The number of piperidine rings is 1. The van der Waals surface area contributed by atoms with E-state index in [9.17, 15) is 0 Å². The maximum absolute atomic E-state index is 8.53. The van der Waals surface area contributed by atoms with E-state index >= 15 is 0 Å². The molecule has 3 N–H and O–H groups in total. The first-order chi connectivity index (χ1) is 8.74. The zero-order valence-corrected chi connectivity index (χ0v) is 10.3. The third-order valence-electron chi connectivity index (χ3n) is 3.11. The molecule has 1 fully saturated rings. The van der Waals surface area contributed by atoms with Gasteiger partial charge in [-0.05, 0) is 12.8 Å². The summed E-state index contributed by atoms with van der Waals surface area (Å²) < 4.78 is 5.32. The van der Waals surface area contributed by atoms with Gasteiger partial charge in [-0.3, -0.25) is 0 Å². The van der Waals surface area contributed by atoms with E-state index in [1.165, 1.54) is 6.20 Å². The average Bonchev–Trinajstić information content (AvgIpc) is 2.47. The van der Waals surface area contributed by atoms with Crippen LogP contribution in [-0.2, 0) is 4.74 Å². The zero-order valence-electron chi connectivity index (χ0n) is 10.3. The molecule has 0 atom stereocenters. The van der Waals surface area contributed by atoms with E-state index < -0.39 is 0 Å². The second-order valence-electron chi connectivity index (χ2n) is 4.17. The standard InChI is InChI=1S/C11H17N5O2/c1-18-8-2-4-16(5-3-8)10-7-13-9(6-14-10)11(12)15-17/h6-8,17H,2-5H2,1H3,(H2,12,15). The van der Waals surface area contributed by atoms with E-state index in [2.05, 4.69) is 20.0 Å². The van der Waals surface area contributed by atoms with Gasteiger partial charge in [-0.1, -0.05) is 5.16 Å². The fraction of sp³-hybridized carbons (Fsp3) is 0.545. The molecule has 7 nitrogen and oxygen atoms in total. The SMILES string of the molecule is COC1CCN(c2cnc(C(N)=NO)cn2)CC1. The van der Waals surface area contributed by atoms with Crippen molar-refractivity contribution in [1.82, 2.24) is 9.97 Å². The van der Waals surface area contributed by atoms with Crippen LogP contribution in [0.15, 0.2) is 17.5 Å². The van der Waals surface area contributed by atoms with Crippen molar-refractivity contribution in [1.29, 1.82) is 0 Å². The topological polar surface area (TPSA) is 96.9 Å². The Bertz CT molecular complexity index is 412. The lowest BCUT2D eigenvalue weighted by atomic mass is 10.1. The molecule has 0 spiro atoms. The van der Waals surface area contributed by atoms with Crippen molar-refractivity contribution in [2.45, 2.75) is 18.9 Å². The van der Waals surface area contributed by atoms with Crippen LogP contribution in [0.2, 0.25) is 0 Å². The van der Waals surface area contributed by atoms with Gasteiger partial charge in [0.15, 0.2) is 5.84 Å². The number of methoxy groups -OCH3 is 1. The zero-order chi connectivity index (χ0) is 13.0. The van der Waals surface area contributed by atoms with Gasteiger partial charge < -0.3 is 20.6 Å². The number of aromatic nitrogens is 2. The maximum Gasteiger partial charge on any atom is 0.190 e. The molecule has 0 aliphatic carbocycles. The van der Waals surface area contributed by atoms with Crippen molar-refractivity contribution in [2.75, 3.05) is 25.1 Å². The minimum Gasteiger partial charge on any atom is -0.409 e. The lowest BCUT2D eigenvalue weighted by Gasteiger charge is -2.31. The highest BCUT2D eigenvalue weighted by Crippen LogP contribution is 2.18. The molecule has 0 radical (unpaired) electrons. The molecule has 18 heavy (non-hydrogen) atoms. The Morgan fingerprint density at radius 3 is 2.67 bits per heavy atom. The smallest absolute Gasteiger partial charge is 0.190 e. The summed E-state index contributed by atoms with van der Waals surface area (Å²) in [6.07, 6.45) is 5.46. The molecule has 7 heteroatoms. The molecule has 1 aromatic heterocycles. The number of hydrogen-bond donors (Lipinski definition) is 2. The molecule has 2 heterocycles. The van der Waals surface area contributed by atoms with Crippen LogP contribution >= 0.6 is 0 Å². The predicted molar refractivity (Wildman–Crippen MR) is 66.8 cm³/mol. The normalized spacial score (nSPS) is 18.1. The van der Waals surface area contributed by atoms with Crippen molar-refractivity contribution >= 4 is 11.7 Å². The number of ether oxygens (including phenoxy) is 1. The van der Waals surface area contributed by atoms with Crippen molar-refractivity contribution in [3.63, 3.8) is 0 Å². The fourth-order valence-corrected chi connectivity index (χ4v) is 1.99. The van der Waals surface area contributed by atoms with Crippen molar-refractivity contribution in [2.24, 2.45) is 10.9 Å². The summed E-state index contributed by atoms with van der Waals surface area (Å²) in [4.78, 5) is 10.5. The number of nitrogens with zero attached hydrogens (tertiary/aromatic N) is 4. The fourth-order valence-electron chi connectivity index (χ4n) is 1.99. The first-order valence-corrected chi connectivity index (χ1v) is 5.82. The molecule has 1 aromatic rings. The van der Waals surface area contributed by atoms with Gasteiger partial charge in [-0.2, -0.15) is 0 Å². The second-order valence-corrected chi connectivity index (χ2v) is 4.17. The molecule has 0 unspecified atom stereocenters. The van der Waals surface area contributed by atoms with Crippen molar-refractivity contribution in [3.8, 4) is 0 Å². The molecule has 2 rings (SSSR count). The Balaban J connectivity index is 2.02. The molecule has 1 aliphatic heterocycles. The van der Waals surface area contributed by atoms with Crippen molar-refractivity contribution < 1.29 is 9.94 Å². The number of rotatable bonds is 3. The highest BCUT2D eigenvalue weighted by Gasteiger charge is 2.19. The van der Waals surface area contributed by atoms with Crippen LogP contribution in [0.25, 0.3) is 0 Å². The Kier molecular flexibility index (Phi) is 3.93. The van der Waals surface area contributed by atoms with Gasteiger partial charge in [0.1, 0.15) is 11.5 Å². The summed E-state index contributed by atoms with van der Waals surface area (Å²) >= 11 is 0. The summed E-state index contributed by atoms with van der Waals surface area (Å²) in [7, 11) is 1.74. The van der Waals surface area contributed by atoms with Gasteiger partial charge in [0.2, 0.25) is 0 Å². The number of amidine groups is 1. The molecule has 0 amide bonds. The Hall–Kier alpha value is -1.89. The van der Waals surface area contributed by atoms with Crippen molar-refractivity contribution in [3.05, 3.63) is 18.1 Å². The number of nitrogens with two attached hydrogens (primary N) is 1. The molecule has 0 saturated carbocycles. The van der Waals surface area contributed by atoms with Gasteiger partial charge in [0, 0.05) is 20.2 Å². The van der Waals surface area contributed by atoms with Gasteiger partial charge in [0.05, 0.1) is 18.5 Å². The second kappa shape index (κ2) is 5.63. The van der Waals surface area contributed by atoms with E-state index in [0.29, 0.717) is 11.8 Å². The van der Waals surface area contributed by atoms with E-state index in [1.54, 1.807) is 13.3 Å².